The number of aromatic nitrogens is 1. The Morgan fingerprint density at radius 1 is 1.23 bits per heavy atom. The maximum absolute atomic E-state index is 13.0. The summed E-state index contributed by atoms with van der Waals surface area (Å²) in [5.41, 5.74) is 2.27. The number of hydrogen-bond acceptors (Lipinski definition) is 2. The molecule has 0 aliphatic rings. The SMILES string of the molecule is CCC(C)N(Cc1cccn1Cc1cccc(Cl)c1)C(=O)c1cccs1. The first-order valence-corrected chi connectivity index (χ1v) is 10.1. The molecule has 1 atom stereocenters. The lowest BCUT2D eigenvalue weighted by Gasteiger charge is -2.29. The van der Waals surface area contributed by atoms with Crippen molar-refractivity contribution in [1.82, 2.24) is 9.47 Å². The molecule has 0 aliphatic heterocycles. The normalized spacial score (nSPS) is 12.1. The first-order valence-electron chi connectivity index (χ1n) is 8.81. The van der Waals surface area contributed by atoms with Gasteiger partial charge in [0.2, 0.25) is 0 Å². The lowest BCUT2D eigenvalue weighted by molar-refractivity contribution is 0.0672. The largest absolute Gasteiger partial charge is 0.345 e. The van der Waals surface area contributed by atoms with Gasteiger partial charge in [-0.25, -0.2) is 0 Å². The summed E-state index contributed by atoms with van der Waals surface area (Å²) in [5.74, 6) is 0.102. The Morgan fingerprint density at radius 3 is 2.77 bits per heavy atom. The van der Waals surface area contributed by atoms with Crippen molar-refractivity contribution in [3.8, 4) is 0 Å². The lowest BCUT2D eigenvalue weighted by atomic mass is 10.2. The number of thiophene rings is 1. The van der Waals surface area contributed by atoms with Gasteiger partial charge >= 0.3 is 0 Å². The molecule has 3 nitrogen and oxygen atoms in total. The van der Waals surface area contributed by atoms with Gasteiger partial charge in [-0.15, -0.1) is 11.3 Å². The molecule has 0 spiro atoms. The van der Waals surface area contributed by atoms with E-state index in [1.807, 2.05) is 46.7 Å². The van der Waals surface area contributed by atoms with Gasteiger partial charge in [-0.2, -0.15) is 0 Å². The Kier molecular flexibility index (Phi) is 6.17. The highest BCUT2D eigenvalue weighted by Crippen LogP contribution is 2.20. The first kappa shape index (κ1) is 18.7. The van der Waals surface area contributed by atoms with E-state index >= 15 is 0 Å². The molecule has 0 fully saturated rings. The second-order valence-electron chi connectivity index (χ2n) is 6.42. The molecule has 2 aromatic heterocycles. The quantitative estimate of drug-likeness (QED) is 0.511. The van der Waals surface area contributed by atoms with E-state index in [9.17, 15) is 4.79 Å². The zero-order valence-corrected chi connectivity index (χ0v) is 16.6. The molecule has 0 bridgehead atoms. The Morgan fingerprint density at radius 2 is 2.08 bits per heavy atom. The predicted molar refractivity (Wildman–Crippen MR) is 109 cm³/mol. The van der Waals surface area contributed by atoms with Crippen LogP contribution in [0.15, 0.2) is 60.1 Å². The van der Waals surface area contributed by atoms with Gasteiger partial charge < -0.3 is 9.47 Å². The van der Waals surface area contributed by atoms with Gasteiger partial charge in [-0.05, 0) is 54.6 Å². The average molecular weight is 387 g/mol. The fourth-order valence-electron chi connectivity index (χ4n) is 2.94. The molecule has 0 N–H and O–H groups in total. The molecule has 3 rings (SSSR count). The lowest BCUT2D eigenvalue weighted by Crippen LogP contribution is -2.38. The molecule has 26 heavy (non-hydrogen) atoms. The van der Waals surface area contributed by atoms with Crippen molar-refractivity contribution in [3.05, 3.63) is 81.3 Å². The summed E-state index contributed by atoms with van der Waals surface area (Å²) in [6, 6.07) is 16.0. The third kappa shape index (κ3) is 4.37. The second kappa shape index (κ2) is 8.56. The first-order chi connectivity index (χ1) is 12.6. The molecule has 136 valence electrons. The minimum Gasteiger partial charge on any atom is -0.345 e. The number of halogens is 1. The van der Waals surface area contributed by atoms with Crippen molar-refractivity contribution in [1.29, 1.82) is 0 Å². The maximum atomic E-state index is 13.0. The highest BCUT2D eigenvalue weighted by atomic mass is 35.5. The van der Waals surface area contributed by atoms with Gasteiger partial charge in [0, 0.05) is 29.5 Å². The average Bonchev–Trinajstić information content (AvgIpc) is 3.31. The van der Waals surface area contributed by atoms with Crippen molar-refractivity contribution < 1.29 is 4.79 Å². The molecular formula is C21H23ClN2OS. The monoisotopic (exact) mass is 386 g/mol. The van der Waals surface area contributed by atoms with Crippen molar-refractivity contribution in [2.75, 3.05) is 0 Å². The summed E-state index contributed by atoms with van der Waals surface area (Å²) < 4.78 is 2.18. The number of rotatable bonds is 7. The molecule has 0 radical (unpaired) electrons. The highest BCUT2D eigenvalue weighted by molar-refractivity contribution is 7.12. The third-order valence-corrected chi connectivity index (χ3v) is 5.71. The fourth-order valence-corrected chi connectivity index (χ4v) is 3.84. The Bertz CT molecular complexity index is 857. The standard InChI is InChI=1S/C21H23ClN2OS/c1-3-16(2)24(21(25)20-10-6-12-26-20)15-19-9-5-11-23(19)14-17-7-4-8-18(22)13-17/h4-13,16H,3,14-15H2,1-2H3. The smallest absolute Gasteiger partial charge is 0.264 e. The molecule has 1 amide bonds. The van der Waals surface area contributed by atoms with Crippen LogP contribution in [0, 0.1) is 0 Å². The minimum absolute atomic E-state index is 0.102. The summed E-state index contributed by atoms with van der Waals surface area (Å²) in [6.45, 7) is 5.56. The number of nitrogens with zero attached hydrogens (tertiary/aromatic N) is 2. The van der Waals surface area contributed by atoms with Crippen LogP contribution in [-0.4, -0.2) is 21.4 Å². The number of carbonyl (C=O) groups is 1. The summed E-state index contributed by atoms with van der Waals surface area (Å²) >= 11 is 7.60. The van der Waals surface area contributed by atoms with E-state index in [4.69, 9.17) is 11.6 Å². The van der Waals surface area contributed by atoms with Gasteiger partial charge in [0.25, 0.3) is 5.91 Å². The van der Waals surface area contributed by atoms with Crippen LogP contribution in [0.25, 0.3) is 0 Å². The topological polar surface area (TPSA) is 25.2 Å². The predicted octanol–water partition coefficient (Wildman–Crippen LogP) is 5.69. The van der Waals surface area contributed by atoms with E-state index < -0.39 is 0 Å². The van der Waals surface area contributed by atoms with Crippen LogP contribution in [0.2, 0.25) is 5.02 Å². The van der Waals surface area contributed by atoms with Crippen molar-refractivity contribution in [3.63, 3.8) is 0 Å². The van der Waals surface area contributed by atoms with Crippen LogP contribution in [0.4, 0.5) is 0 Å². The van der Waals surface area contributed by atoms with E-state index in [1.165, 1.54) is 11.3 Å². The van der Waals surface area contributed by atoms with E-state index in [-0.39, 0.29) is 11.9 Å². The number of hydrogen-bond donors (Lipinski definition) is 0. The van der Waals surface area contributed by atoms with E-state index in [0.29, 0.717) is 6.54 Å². The number of carbonyl (C=O) groups excluding carboxylic acids is 1. The fraction of sp³-hybridized carbons (Fsp3) is 0.286. The van der Waals surface area contributed by atoms with Crippen molar-refractivity contribution >= 4 is 28.8 Å². The Labute approximate surface area is 163 Å². The van der Waals surface area contributed by atoms with Crippen LogP contribution in [0.5, 0.6) is 0 Å². The van der Waals surface area contributed by atoms with Crippen LogP contribution in [-0.2, 0) is 13.1 Å². The molecule has 1 unspecified atom stereocenters. The maximum Gasteiger partial charge on any atom is 0.264 e. The zero-order valence-electron chi connectivity index (χ0n) is 15.1. The molecule has 1 aromatic carbocycles. The van der Waals surface area contributed by atoms with Crippen molar-refractivity contribution in [2.45, 2.75) is 39.4 Å². The number of benzene rings is 1. The van der Waals surface area contributed by atoms with Gasteiger partial charge in [0.05, 0.1) is 11.4 Å². The summed E-state index contributed by atoms with van der Waals surface area (Å²) in [6.07, 6.45) is 2.98. The third-order valence-electron chi connectivity index (χ3n) is 4.61. The zero-order chi connectivity index (χ0) is 18.5. The summed E-state index contributed by atoms with van der Waals surface area (Å²) in [7, 11) is 0. The molecule has 2 heterocycles. The van der Waals surface area contributed by atoms with E-state index in [2.05, 4.69) is 36.7 Å². The van der Waals surface area contributed by atoms with Crippen LogP contribution >= 0.6 is 22.9 Å². The van der Waals surface area contributed by atoms with Gasteiger partial charge in [0.1, 0.15) is 0 Å². The summed E-state index contributed by atoms with van der Waals surface area (Å²) in [4.78, 5) is 15.7. The highest BCUT2D eigenvalue weighted by Gasteiger charge is 2.22. The molecular weight excluding hydrogens is 364 g/mol. The molecule has 5 heteroatoms. The van der Waals surface area contributed by atoms with Gasteiger partial charge in [0.15, 0.2) is 0 Å². The molecule has 0 saturated heterocycles. The molecule has 3 aromatic rings. The Hall–Kier alpha value is -2.04. The molecule has 0 aliphatic carbocycles. The minimum atomic E-state index is 0.102. The number of amides is 1. The van der Waals surface area contributed by atoms with Gasteiger partial charge in [-0.3, -0.25) is 4.79 Å². The summed E-state index contributed by atoms with van der Waals surface area (Å²) in [5, 5.41) is 2.69. The Balaban J connectivity index is 1.81. The van der Waals surface area contributed by atoms with E-state index in [1.54, 1.807) is 0 Å². The van der Waals surface area contributed by atoms with Gasteiger partial charge in [-0.1, -0.05) is 36.7 Å². The molecule has 0 saturated carbocycles. The van der Waals surface area contributed by atoms with Crippen LogP contribution in [0.1, 0.15) is 41.2 Å². The van der Waals surface area contributed by atoms with Crippen molar-refractivity contribution in [2.24, 2.45) is 0 Å². The van der Waals surface area contributed by atoms with Crippen LogP contribution < -0.4 is 0 Å². The second-order valence-corrected chi connectivity index (χ2v) is 7.81. The van der Waals surface area contributed by atoms with E-state index in [0.717, 1.165) is 34.1 Å². The van der Waals surface area contributed by atoms with Crippen LogP contribution in [0.3, 0.4) is 0 Å².